The zero-order valence-corrected chi connectivity index (χ0v) is 17.0. The van der Waals surface area contributed by atoms with Crippen molar-refractivity contribution in [3.05, 3.63) is 35.4 Å². The van der Waals surface area contributed by atoms with Gasteiger partial charge in [0.2, 0.25) is 5.91 Å². The number of nitrogens with zero attached hydrogens (tertiary/aromatic N) is 1. The van der Waals surface area contributed by atoms with E-state index in [0.29, 0.717) is 6.54 Å². The van der Waals surface area contributed by atoms with Crippen LogP contribution in [0.25, 0.3) is 0 Å². The van der Waals surface area contributed by atoms with E-state index in [-0.39, 0.29) is 42.8 Å². The van der Waals surface area contributed by atoms with Gasteiger partial charge in [0.15, 0.2) is 0 Å². The Balaban J connectivity index is 0.00000169. The molecule has 2 fully saturated rings. The Kier molecular flexibility index (Phi) is 10.5. The fourth-order valence-corrected chi connectivity index (χ4v) is 3.62. The largest absolute Gasteiger partial charge is 0.379 e. The van der Waals surface area contributed by atoms with E-state index in [1.54, 1.807) is 0 Å². The van der Waals surface area contributed by atoms with E-state index in [9.17, 15) is 4.79 Å². The first-order valence-corrected chi connectivity index (χ1v) is 9.13. The van der Waals surface area contributed by atoms with E-state index in [2.05, 4.69) is 46.7 Å². The maximum atomic E-state index is 12.5. The Morgan fingerprint density at radius 1 is 1.31 bits per heavy atom. The number of ether oxygens (including phenoxy) is 1. The molecule has 0 aromatic heterocycles. The van der Waals surface area contributed by atoms with Crippen LogP contribution >= 0.6 is 24.8 Å². The van der Waals surface area contributed by atoms with Crippen LogP contribution in [0.3, 0.4) is 0 Å². The molecule has 1 amide bonds. The Hall–Kier alpha value is -0.850. The smallest absolute Gasteiger partial charge is 0.237 e. The maximum Gasteiger partial charge on any atom is 0.237 e. The average Bonchev–Trinajstić information content (AvgIpc) is 2.63. The van der Waals surface area contributed by atoms with Crippen LogP contribution in [0.1, 0.15) is 36.4 Å². The van der Waals surface area contributed by atoms with Crippen LogP contribution in [0.4, 0.5) is 0 Å². The molecule has 2 saturated heterocycles. The van der Waals surface area contributed by atoms with Gasteiger partial charge in [-0.2, -0.15) is 0 Å². The molecule has 0 saturated carbocycles. The molecule has 2 aliphatic heterocycles. The standard InChI is InChI=1S/C19H29N3O2.2ClH/c1-15-5-4-6-16(13-15)18(22-9-11-24-12-10-22)14-21-19(23)17-7-2-3-8-20-17;;/h4-6,13,17-18,20H,2-3,7-12,14H2,1H3,(H,21,23);2*1H. The van der Waals surface area contributed by atoms with Gasteiger partial charge in [0.25, 0.3) is 0 Å². The molecule has 7 heteroatoms. The van der Waals surface area contributed by atoms with Crippen molar-refractivity contribution in [1.82, 2.24) is 15.5 Å². The zero-order chi connectivity index (χ0) is 16.8. The van der Waals surface area contributed by atoms with Crippen molar-refractivity contribution >= 4 is 30.7 Å². The molecule has 2 aliphatic rings. The highest BCUT2D eigenvalue weighted by atomic mass is 35.5. The SMILES string of the molecule is Cc1cccc(C(CNC(=O)C2CCCCN2)N2CCOCC2)c1.Cl.Cl. The van der Waals surface area contributed by atoms with E-state index >= 15 is 0 Å². The highest BCUT2D eigenvalue weighted by Gasteiger charge is 2.25. The molecule has 1 aromatic rings. The minimum absolute atomic E-state index is 0. The summed E-state index contributed by atoms with van der Waals surface area (Å²) < 4.78 is 5.49. The molecule has 0 radical (unpaired) electrons. The van der Waals surface area contributed by atoms with E-state index < -0.39 is 0 Å². The highest BCUT2D eigenvalue weighted by Crippen LogP contribution is 2.22. The number of amides is 1. The molecule has 26 heavy (non-hydrogen) atoms. The van der Waals surface area contributed by atoms with Gasteiger partial charge in [-0.15, -0.1) is 24.8 Å². The molecule has 2 heterocycles. The number of carbonyl (C=O) groups is 1. The number of halogens is 2. The van der Waals surface area contributed by atoms with Gasteiger partial charge in [-0.25, -0.2) is 0 Å². The van der Waals surface area contributed by atoms with Gasteiger partial charge in [-0.05, 0) is 31.9 Å². The highest BCUT2D eigenvalue weighted by molar-refractivity contribution is 5.85. The molecule has 0 spiro atoms. The van der Waals surface area contributed by atoms with Crippen LogP contribution in [-0.2, 0) is 9.53 Å². The van der Waals surface area contributed by atoms with E-state index in [0.717, 1.165) is 45.7 Å². The number of benzene rings is 1. The second-order valence-corrected chi connectivity index (χ2v) is 6.83. The molecule has 2 unspecified atom stereocenters. The van der Waals surface area contributed by atoms with Crippen LogP contribution in [0, 0.1) is 6.92 Å². The molecular formula is C19H31Cl2N3O2. The summed E-state index contributed by atoms with van der Waals surface area (Å²) in [5.41, 5.74) is 2.53. The van der Waals surface area contributed by atoms with Crippen LogP contribution in [-0.4, -0.2) is 56.2 Å². The molecule has 5 nitrogen and oxygen atoms in total. The van der Waals surface area contributed by atoms with E-state index in [1.807, 2.05) is 0 Å². The molecule has 0 bridgehead atoms. The summed E-state index contributed by atoms with van der Waals surface area (Å²) in [5.74, 6) is 0.139. The summed E-state index contributed by atoms with van der Waals surface area (Å²) >= 11 is 0. The fourth-order valence-electron chi connectivity index (χ4n) is 3.62. The maximum absolute atomic E-state index is 12.5. The Bertz CT molecular complexity index is 547. The van der Waals surface area contributed by atoms with Gasteiger partial charge < -0.3 is 15.4 Å². The Morgan fingerprint density at radius 2 is 2.08 bits per heavy atom. The topological polar surface area (TPSA) is 53.6 Å². The monoisotopic (exact) mass is 403 g/mol. The van der Waals surface area contributed by atoms with Crippen molar-refractivity contribution in [2.24, 2.45) is 0 Å². The van der Waals surface area contributed by atoms with Crippen molar-refractivity contribution in [2.75, 3.05) is 39.4 Å². The number of aryl methyl sites for hydroxylation is 1. The van der Waals surface area contributed by atoms with Gasteiger partial charge in [-0.1, -0.05) is 36.2 Å². The Labute approximate surface area is 169 Å². The lowest BCUT2D eigenvalue weighted by molar-refractivity contribution is -0.124. The predicted octanol–water partition coefficient (Wildman–Crippen LogP) is 2.47. The van der Waals surface area contributed by atoms with Crippen molar-refractivity contribution in [1.29, 1.82) is 0 Å². The first kappa shape index (κ1) is 23.2. The fraction of sp³-hybridized carbons (Fsp3) is 0.632. The summed E-state index contributed by atoms with van der Waals surface area (Å²) in [6, 6.07) is 8.79. The first-order chi connectivity index (χ1) is 11.7. The van der Waals surface area contributed by atoms with Crippen molar-refractivity contribution in [3.8, 4) is 0 Å². The third kappa shape index (κ3) is 6.39. The molecule has 1 aromatic carbocycles. The van der Waals surface area contributed by atoms with Crippen LogP contribution in [0.2, 0.25) is 0 Å². The molecule has 148 valence electrons. The number of hydrogen-bond donors (Lipinski definition) is 2. The molecule has 2 N–H and O–H groups in total. The molecule has 0 aliphatic carbocycles. The Morgan fingerprint density at radius 3 is 2.73 bits per heavy atom. The number of nitrogens with one attached hydrogen (secondary N) is 2. The van der Waals surface area contributed by atoms with Crippen LogP contribution < -0.4 is 10.6 Å². The molecular weight excluding hydrogens is 373 g/mol. The van der Waals surface area contributed by atoms with Crippen molar-refractivity contribution < 1.29 is 9.53 Å². The van der Waals surface area contributed by atoms with Crippen LogP contribution in [0.5, 0.6) is 0 Å². The summed E-state index contributed by atoms with van der Waals surface area (Å²) in [6.07, 6.45) is 3.25. The summed E-state index contributed by atoms with van der Waals surface area (Å²) in [4.78, 5) is 14.9. The number of hydrogen-bond acceptors (Lipinski definition) is 4. The summed E-state index contributed by atoms with van der Waals surface area (Å²) in [6.45, 7) is 7.07. The van der Waals surface area contributed by atoms with Gasteiger partial charge in [0.1, 0.15) is 0 Å². The van der Waals surface area contributed by atoms with E-state index in [1.165, 1.54) is 17.5 Å². The van der Waals surface area contributed by atoms with Crippen molar-refractivity contribution in [2.45, 2.75) is 38.3 Å². The summed E-state index contributed by atoms with van der Waals surface area (Å²) in [7, 11) is 0. The van der Waals surface area contributed by atoms with Gasteiger partial charge in [0.05, 0.1) is 25.3 Å². The van der Waals surface area contributed by atoms with Gasteiger partial charge >= 0.3 is 0 Å². The third-order valence-electron chi connectivity index (χ3n) is 5.01. The van der Waals surface area contributed by atoms with Gasteiger partial charge in [-0.3, -0.25) is 9.69 Å². The third-order valence-corrected chi connectivity index (χ3v) is 5.01. The lowest BCUT2D eigenvalue weighted by Gasteiger charge is -2.35. The normalized spacial score (nSPS) is 21.8. The minimum Gasteiger partial charge on any atom is -0.379 e. The quantitative estimate of drug-likeness (QED) is 0.792. The number of rotatable bonds is 5. The first-order valence-electron chi connectivity index (χ1n) is 9.13. The summed E-state index contributed by atoms with van der Waals surface area (Å²) in [5, 5.41) is 6.51. The second-order valence-electron chi connectivity index (χ2n) is 6.83. The van der Waals surface area contributed by atoms with Gasteiger partial charge in [0, 0.05) is 19.6 Å². The predicted molar refractivity (Wildman–Crippen MR) is 109 cm³/mol. The lowest BCUT2D eigenvalue weighted by atomic mass is 10.0. The minimum atomic E-state index is -0.0263. The number of carbonyl (C=O) groups excluding carboxylic acids is 1. The van der Waals surface area contributed by atoms with E-state index in [4.69, 9.17) is 4.74 Å². The number of morpholine rings is 1. The number of piperidine rings is 1. The van der Waals surface area contributed by atoms with Crippen molar-refractivity contribution in [3.63, 3.8) is 0 Å². The zero-order valence-electron chi connectivity index (χ0n) is 15.4. The van der Waals surface area contributed by atoms with Crippen LogP contribution in [0.15, 0.2) is 24.3 Å². The lowest BCUT2D eigenvalue weighted by Crippen LogP contribution is -2.49. The average molecular weight is 404 g/mol. The molecule has 2 atom stereocenters. The second kappa shape index (κ2) is 11.8. The molecule has 3 rings (SSSR count).